The number of carbonyl (C=O) groups excluding carboxylic acids is 2. The van der Waals surface area contributed by atoms with Crippen LogP contribution in [0.5, 0.6) is 0 Å². The van der Waals surface area contributed by atoms with Crippen molar-refractivity contribution < 1.29 is 28.5 Å². The number of ether oxygens (including phenoxy) is 4. The first-order valence-corrected chi connectivity index (χ1v) is 12.5. The molecule has 28 heavy (non-hydrogen) atoms. The van der Waals surface area contributed by atoms with Crippen LogP contribution in [-0.4, -0.2) is 56.2 Å². The van der Waals surface area contributed by atoms with Gasteiger partial charge in [-0.2, -0.15) is 0 Å². The highest BCUT2D eigenvalue weighted by molar-refractivity contribution is 8.76. The molecule has 0 aliphatic heterocycles. The molecule has 0 heterocycles. The van der Waals surface area contributed by atoms with E-state index in [1.54, 1.807) is 21.6 Å². The molecule has 0 saturated carbocycles. The molecular weight excluding hydrogens is 400 g/mol. The summed E-state index contributed by atoms with van der Waals surface area (Å²) >= 11 is 0. The Hall–Kier alpha value is -0.440. The Kier molecular flexibility index (Phi) is 17.1. The second kappa shape index (κ2) is 17.4. The molecule has 0 aliphatic rings. The van der Waals surface area contributed by atoms with E-state index < -0.39 is 6.29 Å². The summed E-state index contributed by atoms with van der Waals surface area (Å²) in [5.41, 5.74) is 0. The van der Waals surface area contributed by atoms with Crippen molar-refractivity contribution in [2.75, 3.05) is 31.8 Å². The Morgan fingerprint density at radius 3 is 1.82 bits per heavy atom. The van der Waals surface area contributed by atoms with Gasteiger partial charge < -0.3 is 18.9 Å². The van der Waals surface area contributed by atoms with Crippen molar-refractivity contribution in [3.05, 3.63) is 0 Å². The largest absolute Gasteiger partial charge is 0.469 e. The molecule has 166 valence electrons. The zero-order valence-electron chi connectivity index (χ0n) is 18.2. The number of esters is 2. The quantitative estimate of drug-likeness (QED) is 0.140. The minimum atomic E-state index is -0.514. The van der Waals surface area contributed by atoms with Crippen molar-refractivity contribution in [1.82, 2.24) is 0 Å². The van der Waals surface area contributed by atoms with E-state index in [0.29, 0.717) is 36.9 Å². The standard InChI is InChI=1S/C20H38O6S2/c1-15(2)17(5)24-11-7-8-12-25-20(16(3)4)26-19(22)10-14-28-27-13-9-18(21)23-6/h15-17,20H,7-14H2,1-6H3. The molecule has 0 spiro atoms. The maximum Gasteiger partial charge on any atom is 0.308 e. The van der Waals surface area contributed by atoms with Gasteiger partial charge in [-0.05, 0) is 25.7 Å². The van der Waals surface area contributed by atoms with Gasteiger partial charge in [-0.3, -0.25) is 9.59 Å². The molecule has 0 fully saturated rings. The molecule has 0 bridgehead atoms. The van der Waals surface area contributed by atoms with E-state index in [4.69, 9.17) is 14.2 Å². The third-order valence-electron chi connectivity index (χ3n) is 4.02. The third kappa shape index (κ3) is 15.5. The van der Waals surface area contributed by atoms with E-state index in [0.717, 1.165) is 19.4 Å². The average molecular weight is 439 g/mol. The normalized spacial score (nSPS) is 13.6. The van der Waals surface area contributed by atoms with Crippen LogP contribution in [0.2, 0.25) is 0 Å². The average Bonchev–Trinajstić information content (AvgIpc) is 2.65. The second-order valence-corrected chi connectivity index (χ2v) is 9.92. The van der Waals surface area contributed by atoms with Crippen LogP contribution in [0.25, 0.3) is 0 Å². The summed E-state index contributed by atoms with van der Waals surface area (Å²) in [5.74, 6) is 1.46. The van der Waals surface area contributed by atoms with Gasteiger partial charge in [0.1, 0.15) is 0 Å². The monoisotopic (exact) mass is 438 g/mol. The van der Waals surface area contributed by atoms with Crippen molar-refractivity contribution >= 4 is 33.5 Å². The Morgan fingerprint density at radius 1 is 0.786 bits per heavy atom. The molecular formula is C20H38O6S2. The van der Waals surface area contributed by atoms with Crippen LogP contribution in [0.15, 0.2) is 0 Å². The number of carbonyl (C=O) groups is 2. The maximum absolute atomic E-state index is 12.0. The van der Waals surface area contributed by atoms with E-state index >= 15 is 0 Å². The molecule has 0 radical (unpaired) electrons. The van der Waals surface area contributed by atoms with E-state index in [1.165, 1.54) is 7.11 Å². The Labute approximate surface area is 178 Å². The molecule has 0 rings (SSSR count). The number of hydrogen-bond acceptors (Lipinski definition) is 8. The van der Waals surface area contributed by atoms with Crippen molar-refractivity contribution in [2.45, 2.75) is 72.7 Å². The van der Waals surface area contributed by atoms with Gasteiger partial charge in [-0.15, -0.1) is 0 Å². The van der Waals surface area contributed by atoms with Crippen molar-refractivity contribution in [3.63, 3.8) is 0 Å². The van der Waals surface area contributed by atoms with E-state index in [1.807, 2.05) is 13.8 Å². The summed E-state index contributed by atoms with van der Waals surface area (Å²) < 4.78 is 21.5. The van der Waals surface area contributed by atoms with Crippen LogP contribution >= 0.6 is 21.6 Å². The summed E-state index contributed by atoms with van der Waals surface area (Å²) in [6.07, 6.45) is 2.25. The first kappa shape index (κ1) is 27.6. The summed E-state index contributed by atoms with van der Waals surface area (Å²) in [6.45, 7) is 11.6. The summed E-state index contributed by atoms with van der Waals surface area (Å²) in [6, 6.07) is 0. The highest BCUT2D eigenvalue weighted by Gasteiger charge is 2.18. The second-order valence-electron chi connectivity index (χ2n) is 7.22. The molecule has 2 unspecified atom stereocenters. The van der Waals surface area contributed by atoms with E-state index in [9.17, 15) is 9.59 Å². The summed E-state index contributed by atoms with van der Waals surface area (Å²) in [5, 5.41) is 0. The van der Waals surface area contributed by atoms with Gasteiger partial charge in [0.05, 0.1) is 32.7 Å². The highest BCUT2D eigenvalue weighted by Crippen LogP contribution is 2.23. The minimum absolute atomic E-state index is 0.100. The van der Waals surface area contributed by atoms with Gasteiger partial charge in [0.25, 0.3) is 0 Å². The zero-order valence-corrected chi connectivity index (χ0v) is 19.9. The Bertz CT molecular complexity index is 418. The Balaban J connectivity index is 3.83. The lowest BCUT2D eigenvalue weighted by molar-refractivity contribution is -0.188. The summed E-state index contributed by atoms with van der Waals surface area (Å²) in [4.78, 5) is 23.0. The minimum Gasteiger partial charge on any atom is -0.469 e. The molecule has 0 amide bonds. The molecule has 6 nitrogen and oxygen atoms in total. The van der Waals surface area contributed by atoms with Gasteiger partial charge in [0.15, 0.2) is 0 Å². The van der Waals surface area contributed by atoms with E-state index in [-0.39, 0.29) is 24.0 Å². The van der Waals surface area contributed by atoms with Crippen LogP contribution in [-0.2, 0) is 28.5 Å². The van der Waals surface area contributed by atoms with Gasteiger partial charge in [0.2, 0.25) is 6.29 Å². The lowest BCUT2D eigenvalue weighted by atomic mass is 10.1. The van der Waals surface area contributed by atoms with Gasteiger partial charge in [-0.1, -0.05) is 49.3 Å². The van der Waals surface area contributed by atoms with Crippen molar-refractivity contribution in [1.29, 1.82) is 0 Å². The lowest BCUT2D eigenvalue weighted by Gasteiger charge is -2.22. The Morgan fingerprint density at radius 2 is 1.32 bits per heavy atom. The van der Waals surface area contributed by atoms with E-state index in [2.05, 4.69) is 25.5 Å². The highest BCUT2D eigenvalue weighted by atomic mass is 33.1. The van der Waals surface area contributed by atoms with Crippen molar-refractivity contribution in [3.8, 4) is 0 Å². The molecule has 0 aliphatic carbocycles. The lowest BCUT2D eigenvalue weighted by Crippen LogP contribution is -2.27. The molecule has 0 aromatic heterocycles. The summed E-state index contributed by atoms with van der Waals surface area (Å²) in [7, 11) is 4.49. The predicted octanol–water partition coefficient (Wildman–Crippen LogP) is 4.70. The van der Waals surface area contributed by atoms with Gasteiger partial charge in [0, 0.05) is 24.0 Å². The maximum atomic E-state index is 12.0. The number of rotatable bonds is 17. The molecule has 0 saturated heterocycles. The van der Waals surface area contributed by atoms with Crippen LogP contribution < -0.4 is 0 Å². The topological polar surface area (TPSA) is 71.1 Å². The first-order chi connectivity index (χ1) is 13.3. The fourth-order valence-corrected chi connectivity index (χ4v) is 3.83. The fourth-order valence-electron chi connectivity index (χ4n) is 1.89. The molecule has 8 heteroatoms. The van der Waals surface area contributed by atoms with Crippen molar-refractivity contribution in [2.24, 2.45) is 11.8 Å². The molecule has 0 aromatic rings. The number of unbranched alkanes of at least 4 members (excludes halogenated alkanes) is 1. The van der Waals surface area contributed by atoms with Crippen LogP contribution in [0.4, 0.5) is 0 Å². The first-order valence-electron chi connectivity index (χ1n) is 10.0. The van der Waals surface area contributed by atoms with Crippen LogP contribution in [0, 0.1) is 11.8 Å². The number of methoxy groups -OCH3 is 1. The molecule has 0 aromatic carbocycles. The SMILES string of the molecule is COC(=O)CCSSCCC(=O)OC(OCCCCOC(C)C(C)C)C(C)C. The smallest absolute Gasteiger partial charge is 0.308 e. The van der Waals surface area contributed by atoms with Crippen LogP contribution in [0.3, 0.4) is 0 Å². The molecule has 0 N–H and O–H groups in total. The predicted molar refractivity (Wildman–Crippen MR) is 116 cm³/mol. The fraction of sp³-hybridized carbons (Fsp3) is 0.900. The zero-order chi connectivity index (χ0) is 21.4. The third-order valence-corrected chi connectivity index (χ3v) is 6.43. The molecule has 2 atom stereocenters. The van der Waals surface area contributed by atoms with Crippen LogP contribution in [0.1, 0.15) is 60.3 Å². The van der Waals surface area contributed by atoms with Gasteiger partial charge in [-0.25, -0.2) is 0 Å². The van der Waals surface area contributed by atoms with Gasteiger partial charge >= 0.3 is 11.9 Å². The number of hydrogen-bond donors (Lipinski definition) is 0.